The van der Waals surface area contributed by atoms with E-state index in [4.69, 9.17) is 9.84 Å². The van der Waals surface area contributed by atoms with E-state index in [1.807, 2.05) is 24.3 Å². The predicted molar refractivity (Wildman–Crippen MR) is 132 cm³/mol. The van der Waals surface area contributed by atoms with Crippen LogP contribution >= 0.6 is 11.3 Å². The first-order valence-electron chi connectivity index (χ1n) is 11.1. The minimum Gasteiger partial charge on any atom is -0.480 e. The molecule has 35 heavy (non-hydrogen) atoms. The van der Waals surface area contributed by atoms with E-state index in [1.54, 1.807) is 5.38 Å². The van der Waals surface area contributed by atoms with Crippen LogP contribution in [0.4, 0.5) is 4.79 Å². The van der Waals surface area contributed by atoms with Crippen LogP contribution in [-0.4, -0.2) is 40.7 Å². The second-order valence-corrected chi connectivity index (χ2v) is 9.01. The highest BCUT2D eigenvalue weighted by Gasteiger charge is 2.29. The normalized spacial score (nSPS) is 12.8. The third-order valence-corrected chi connectivity index (χ3v) is 6.60. The van der Waals surface area contributed by atoms with Crippen LogP contribution in [0.25, 0.3) is 11.1 Å². The summed E-state index contributed by atoms with van der Waals surface area (Å²) in [6.45, 7) is 3.88. The number of hydrogen-bond acceptors (Lipinski definition) is 6. The second kappa shape index (κ2) is 11.0. The van der Waals surface area contributed by atoms with Crippen LogP contribution in [0, 0.1) is 0 Å². The number of amides is 2. The van der Waals surface area contributed by atoms with Crippen LogP contribution in [0.2, 0.25) is 0 Å². The Kier molecular flexibility index (Phi) is 7.57. The van der Waals surface area contributed by atoms with E-state index in [0.717, 1.165) is 22.3 Å². The van der Waals surface area contributed by atoms with Gasteiger partial charge in [-0.2, -0.15) is 0 Å². The Morgan fingerprint density at radius 3 is 2.40 bits per heavy atom. The number of rotatable bonds is 10. The average Bonchev–Trinajstić information content (AvgIpc) is 3.43. The van der Waals surface area contributed by atoms with Crippen LogP contribution in [0.5, 0.6) is 0 Å². The molecule has 1 heterocycles. The van der Waals surface area contributed by atoms with Crippen LogP contribution in [-0.2, 0) is 27.3 Å². The van der Waals surface area contributed by atoms with E-state index in [1.165, 1.54) is 17.4 Å². The van der Waals surface area contributed by atoms with E-state index in [2.05, 4.69) is 46.5 Å². The Labute approximate surface area is 206 Å². The Morgan fingerprint density at radius 1 is 1.11 bits per heavy atom. The van der Waals surface area contributed by atoms with Crippen molar-refractivity contribution in [2.24, 2.45) is 0 Å². The molecule has 1 aliphatic rings. The first-order chi connectivity index (χ1) is 17.0. The summed E-state index contributed by atoms with van der Waals surface area (Å²) in [4.78, 5) is 40.0. The molecule has 1 unspecified atom stereocenters. The number of thiazole rings is 1. The van der Waals surface area contributed by atoms with Crippen molar-refractivity contribution >= 4 is 29.3 Å². The standard InChI is InChI=1S/C26H25N3O5S/c1-2-7-22(25(31)32)29-23(30)12-16-15-35-24(28-16)13-27-26(33)34-14-21-19-10-5-3-8-17(19)18-9-4-6-11-20(18)21/h2-6,8-11,15,21-22H,1,7,12-14H2,(H,27,33)(H,29,30)(H,31,32). The van der Waals surface area contributed by atoms with Crippen molar-refractivity contribution in [1.82, 2.24) is 15.6 Å². The van der Waals surface area contributed by atoms with Crippen molar-refractivity contribution in [1.29, 1.82) is 0 Å². The minimum absolute atomic E-state index is 0.0196. The molecule has 4 rings (SSSR count). The number of carboxylic acids is 1. The zero-order valence-corrected chi connectivity index (χ0v) is 19.7. The molecule has 0 aliphatic heterocycles. The number of carboxylic acid groups (broad SMARTS) is 1. The zero-order valence-electron chi connectivity index (χ0n) is 18.9. The maximum atomic E-state index is 12.3. The summed E-state index contributed by atoms with van der Waals surface area (Å²) in [5.41, 5.74) is 5.11. The SMILES string of the molecule is C=CCC(NC(=O)Cc1csc(CNC(=O)OCC2c3ccccc3-c3ccccc32)n1)C(=O)O. The van der Waals surface area contributed by atoms with Crippen LogP contribution < -0.4 is 10.6 Å². The lowest BCUT2D eigenvalue weighted by Crippen LogP contribution is -2.41. The summed E-state index contributed by atoms with van der Waals surface area (Å²) >= 11 is 1.30. The number of benzene rings is 2. The smallest absolute Gasteiger partial charge is 0.407 e. The number of ether oxygens (including phenoxy) is 1. The van der Waals surface area contributed by atoms with Gasteiger partial charge in [-0.15, -0.1) is 17.9 Å². The number of aromatic nitrogens is 1. The summed E-state index contributed by atoms with van der Waals surface area (Å²) < 4.78 is 5.52. The molecule has 2 aromatic carbocycles. The quantitative estimate of drug-likeness (QED) is 0.371. The van der Waals surface area contributed by atoms with Gasteiger partial charge in [-0.3, -0.25) is 4.79 Å². The van der Waals surface area contributed by atoms with E-state index >= 15 is 0 Å². The van der Waals surface area contributed by atoms with Gasteiger partial charge in [-0.25, -0.2) is 14.6 Å². The van der Waals surface area contributed by atoms with Gasteiger partial charge >= 0.3 is 12.1 Å². The van der Waals surface area contributed by atoms with Crippen molar-refractivity contribution in [2.45, 2.75) is 31.3 Å². The molecule has 0 spiro atoms. The van der Waals surface area contributed by atoms with Gasteiger partial charge in [0.25, 0.3) is 0 Å². The molecule has 0 bridgehead atoms. The molecule has 180 valence electrons. The Hall–Kier alpha value is -3.98. The zero-order chi connectivity index (χ0) is 24.8. The molecule has 0 fully saturated rings. The molecule has 3 aromatic rings. The molecule has 8 nitrogen and oxygen atoms in total. The third-order valence-electron chi connectivity index (χ3n) is 5.70. The van der Waals surface area contributed by atoms with Gasteiger partial charge < -0.3 is 20.5 Å². The fourth-order valence-electron chi connectivity index (χ4n) is 4.11. The average molecular weight is 492 g/mol. The summed E-state index contributed by atoms with van der Waals surface area (Å²) in [5.74, 6) is -1.58. The third kappa shape index (κ3) is 5.75. The van der Waals surface area contributed by atoms with Crippen molar-refractivity contribution in [2.75, 3.05) is 6.61 Å². The van der Waals surface area contributed by atoms with Gasteiger partial charge in [-0.05, 0) is 28.7 Å². The summed E-state index contributed by atoms with van der Waals surface area (Å²) in [6, 6.07) is 15.2. The van der Waals surface area contributed by atoms with Crippen LogP contribution in [0.15, 0.2) is 66.6 Å². The van der Waals surface area contributed by atoms with E-state index in [-0.39, 0.29) is 31.9 Å². The second-order valence-electron chi connectivity index (χ2n) is 8.07. The highest BCUT2D eigenvalue weighted by molar-refractivity contribution is 7.09. The number of hydrogen-bond donors (Lipinski definition) is 3. The van der Waals surface area contributed by atoms with Gasteiger partial charge in [0.05, 0.1) is 18.7 Å². The molecular weight excluding hydrogens is 466 g/mol. The largest absolute Gasteiger partial charge is 0.480 e. The lowest BCUT2D eigenvalue weighted by atomic mass is 9.98. The van der Waals surface area contributed by atoms with Gasteiger partial charge in [0.2, 0.25) is 5.91 Å². The molecule has 0 saturated heterocycles. The summed E-state index contributed by atoms with van der Waals surface area (Å²) in [6.07, 6.45) is 0.972. The van der Waals surface area contributed by atoms with Crippen molar-refractivity contribution in [3.05, 3.63) is 88.4 Å². The van der Waals surface area contributed by atoms with E-state index in [9.17, 15) is 14.4 Å². The first kappa shape index (κ1) is 24.2. The number of fused-ring (bicyclic) bond motifs is 3. The van der Waals surface area contributed by atoms with Gasteiger partial charge in [0, 0.05) is 11.3 Å². The molecule has 1 aromatic heterocycles. The van der Waals surface area contributed by atoms with Gasteiger partial charge in [0.1, 0.15) is 17.7 Å². The molecule has 3 N–H and O–H groups in total. The summed E-state index contributed by atoms with van der Waals surface area (Å²) in [7, 11) is 0. The molecule has 0 radical (unpaired) electrons. The Balaban J connectivity index is 1.27. The van der Waals surface area contributed by atoms with Crippen molar-refractivity contribution in [3.63, 3.8) is 0 Å². The highest BCUT2D eigenvalue weighted by Crippen LogP contribution is 2.44. The Morgan fingerprint density at radius 2 is 1.77 bits per heavy atom. The predicted octanol–water partition coefficient (Wildman–Crippen LogP) is 3.87. The van der Waals surface area contributed by atoms with Crippen LogP contribution in [0.3, 0.4) is 0 Å². The minimum atomic E-state index is -1.12. The lowest BCUT2D eigenvalue weighted by Gasteiger charge is -2.14. The Bertz CT molecular complexity index is 1210. The molecule has 0 saturated carbocycles. The molecular formula is C26H25N3O5S. The maximum Gasteiger partial charge on any atom is 0.407 e. The first-order valence-corrected chi connectivity index (χ1v) is 12.0. The lowest BCUT2D eigenvalue weighted by molar-refractivity contribution is -0.141. The fourth-order valence-corrected chi connectivity index (χ4v) is 4.84. The topological polar surface area (TPSA) is 118 Å². The number of carbonyl (C=O) groups excluding carboxylic acids is 2. The number of nitrogens with zero attached hydrogens (tertiary/aromatic N) is 1. The maximum absolute atomic E-state index is 12.3. The van der Waals surface area contributed by atoms with E-state index < -0.39 is 24.0 Å². The number of aliphatic carboxylic acids is 1. The van der Waals surface area contributed by atoms with Crippen molar-refractivity contribution in [3.8, 4) is 11.1 Å². The molecule has 9 heteroatoms. The molecule has 2 amide bonds. The molecule has 1 aliphatic carbocycles. The fraction of sp³-hybridized carbons (Fsp3) is 0.231. The number of alkyl carbamates (subject to hydrolysis) is 1. The monoisotopic (exact) mass is 491 g/mol. The van der Waals surface area contributed by atoms with E-state index in [0.29, 0.717) is 10.7 Å². The van der Waals surface area contributed by atoms with Crippen molar-refractivity contribution < 1.29 is 24.2 Å². The highest BCUT2D eigenvalue weighted by atomic mass is 32.1. The van der Waals surface area contributed by atoms with Crippen LogP contribution in [0.1, 0.15) is 34.2 Å². The number of nitrogens with one attached hydrogen (secondary N) is 2. The van der Waals surface area contributed by atoms with Gasteiger partial charge in [-0.1, -0.05) is 54.6 Å². The van der Waals surface area contributed by atoms with Gasteiger partial charge in [0.15, 0.2) is 0 Å². The molecule has 1 atom stereocenters. The summed E-state index contributed by atoms with van der Waals surface area (Å²) in [5, 5.41) is 16.6. The number of carbonyl (C=O) groups is 3.